The second-order valence-electron chi connectivity index (χ2n) is 7.40. The average Bonchev–Trinajstić information content (AvgIpc) is 3.16. The number of hydrogen-bond donors (Lipinski definition) is 1. The van der Waals surface area contributed by atoms with Crippen LogP contribution in [0.25, 0.3) is 6.08 Å². The third kappa shape index (κ3) is 5.07. The molecular weight excluding hydrogens is 408 g/mol. The van der Waals surface area contributed by atoms with E-state index in [4.69, 9.17) is 0 Å². The molecule has 156 valence electrons. The van der Waals surface area contributed by atoms with Crippen molar-refractivity contribution in [3.63, 3.8) is 0 Å². The Labute approximate surface area is 173 Å². The molecule has 29 heavy (non-hydrogen) atoms. The van der Waals surface area contributed by atoms with E-state index in [1.54, 1.807) is 6.08 Å². The summed E-state index contributed by atoms with van der Waals surface area (Å²) < 4.78 is 53.9. The number of anilines is 1. The quantitative estimate of drug-likeness (QED) is 0.749. The fraction of sp³-hybridized carbons (Fsp3) is 0.333. The van der Waals surface area contributed by atoms with Crippen molar-refractivity contribution in [1.82, 2.24) is 4.31 Å². The smallest absolute Gasteiger partial charge is 0.255 e. The van der Waals surface area contributed by atoms with Crippen LogP contribution < -0.4 is 4.72 Å². The molecule has 0 aromatic heterocycles. The van der Waals surface area contributed by atoms with E-state index in [2.05, 4.69) is 4.72 Å². The van der Waals surface area contributed by atoms with Crippen molar-refractivity contribution in [2.45, 2.75) is 38.5 Å². The van der Waals surface area contributed by atoms with Gasteiger partial charge in [0.05, 0.1) is 10.3 Å². The van der Waals surface area contributed by atoms with E-state index in [-0.39, 0.29) is 4.90 Å². The molecule has 1 heterocycles. The predicted octanol–water partition coefficient (Wildman–Crippen LogP) is 3.81. The Hall–Kier alpha value is -2.16. The van der Waals surface area contributed by atoms with Crippen LogP contribution in [0.1, 0.15) is 35.1 Å². The molecule has 1 saturated heterocycles. The van der Waals surface area contributed by atoms with Crippen molar-refractivity contribution in [2.24, 2.45) is 0 Å². The summed E-state index contributed by atoms with van der Waals surface area (Å²) >= 11 is 0. The second kappa shape index (κ2) is 8.30. The topological polar surface area (TPSA) is 83.5 Å². The summed E-state index contributed by atoms with van der Waals surface area (Å²) in [6.07, 6.45) is 3.31. The van der Waals surface area contributed by atoms with Crippen molar-refractivity contribution in [1.29, 1.82) is 0 Å². The summed E-state index contributed by atoms with van der Waals surface area (Å²) in [6, 6.07) is 9.82. The zero-order chi connectivity index (χ0) is 21.2. The molecule has 0 aliphatic carbocycles. The molecular formula is C21H26N2O4S2. The lowest BCUT2D eigenvalue weighted by molar-refractivity contribution is 0.477. The van der Waals surface area contributed by atoms with Crippen LogP contribution in [0.4, 0.5) is 5.69 Å². The third-order valence-corrected chi connectivity index (χ3v) is 7.90. The number of sulfonamides is 2. The van der Waals surface area contributed by atoms with Crippen LogP contribution in [0, 0.1) is 20.8 Å². The fourth-order valence-corrected chi connectivity index (χ4v) is 5.95. The van der Waals surface area contributed by atoms with Crippen LogP contribution in [-0.2, 0) is 20.0 Å². The van der Waals surface area contributed by atoms with Gasteiger partial charge in [0.15, 0.2) is 0 Å². The number of nitrogens with one attached hydrogen (secondary N) is 1. The van der Waals surface area contributed by atoms with Crippen molar-refractivity contribution >= 4 is 31.8 Å². The van der Waals surface area contributed by atoms with Gasteiger partial charge in [0.25, 0.3) is 10.0 Å². The van der Waals surface area contributed by atoms with Crippen LogP contribution in [0.5, 0.6) is 0 Å². The minimum absolute atomic E-state index is 0.170. The minimum atomic E-state index is -3.73. The molecule has 2 aromatic rings. The molecule has 0 amide bonds. The summed E-state index contributed by atoms with van der Waals surface area (Å²) in [4.78, 5) is 0.170. The standard InChI is InChI=1S/C21H26N2O4S2/c1-16-14-17(2)21(18(3)15-16)10-13-28(24,25)22-19-6-8-20(9-7-19)29(26,27)23-11-4-5-12-23/h6-10,13-15,22H,4-5,11-12H2,1-3H3. The second-order valence-corrected chi connectivity index (χ2v) is 10.9. The van der Waals surface area contributed by atoms with E-state index in [1.807, 2.05) is 32.9 Å². The minimum Gasteiger partial charge on any atom is -0.280 e. The van der Waals surface area contributed by atoms with E-state index in [1.165, 1.54) is 28.6 Å². The largest absolute Gasteiger partial charge is 0.280 e. The molecule has 6 nitrogen and oxygen atoms in total. The van der Waals surface area contributed by atoms with Crippen LogP contribution in [-0.4, -0.2) is 34.2 Å². The molecule has 0 radical (unpaired) electrons. The molecule has 0 atom stereocenters. The zero-order valence-electron chi connectivity index (χ0n) is 16.8. The van der Waals surface area contributed by atoms with Gasteiger partial charge in [-0.25, -0.2) is 16.8 Å². The highest BCUT2D eigenvalue weighted by Crippen LogP contribution is 2.23. The molecule has 2 aromatic carbocycles. The molecule has 1 aliphatic heterocycles. The van der Waals surface area contributed by atoms with E-state index in [9.17, 15) is 16.8 Å². The van der Waals surface area contributed by atoms with Gasteiger partial charge in [0, 0.05) is 18.8 Å². The third-order valence-electron chi connectivity index (χ3n) is 4.97. The van der Waals surface area contributed by atoms with Crippen LogP contribution in [0.15, 0.2) is 46.7 Å². The molecule has 0 bridgehead atoms. The average molecular weight is 435 g/mol. The van der Waals surface area contributed by atoms with Gasteiger partial charge in [-0.2, -0.15) is 4.31 Å². The van der Waals surface area contributed by atoms with Crippen LogP contribution in [0.2, 0.25) is 0 Å². The lowest BCUT2D eigenvalue weighted by atomic mass is 10.0. The fourth-order valence-electron chi connectivity index (χ4n) is 3.58. The first-order chi connectivity index (χ1) is 13.6. The number of rotatable bonds is 6. The highest BCUT2D eigenvalue weighted by molar-refractivity contribution is 7.95. The van der Waals surface area contributed by atoms with E-state index < -0.39 is 20.0 Å². The number of aryl methyl sites for hydroxylation is 3. The van der Waals surface area contributed by atoms with Crippen LogP contribution >= 0.6 is 0 Å². The summed E-state index contributed by atoms with van der Waals surface area (Å²) in [7, 11) is -7.25. The zero-order valence-corrected chi connectivity index (χ0v) is 18.5. The Balaban J connectivity index is 1.75. The van der Waals surface area contributed by atoms with E-state index in [0.29, 0.717) is 18.8 Å². The van der Waals surface area contributed by atoms with E-state index in [0.717, 1.165) is 40.5 Å². The van der Waals surface area contributed by atoms with Gasteiger partial charge < -0.3 is 0 Å². The molecule has 1 fully saturated rings. The summed E-state index contributed by atoms with van der Waals surface area (Å²) in [5.74, 6) is 0. The van der Waals surface area contributed by atoms with Crippen molar-refractivity contribution in [3.05, 3.63) is 64.1 Å². The Morgan fingerprint density at radius 3 is 2.00 bits per heavy atom. The summed E-state index contributed by atoms with van der Waals surface area (Å²) in [5.41, 5.74) is 4.32. The number of nitrogens with zero attached hydrogens (tertiary/aromatic N) is 1. The Kier molecular flexibility index (Phi) is 6.16. The van der Waals surface area contributed by atoms with Gasteiger partial charge >= 0.3 is 0 Å². The molecule has 3 rings (SSSR count). The highest BCUT2D eigenvalue weighted by Gasteiger charge is 2.27. The van der Waals surface area contributed by atoms with Crippen molar-refractivity contribution < 1.29 is 16.8 Å². The maximum atomic E-state index is 12.6. The first-order valence-electron chi connectivity index (χ1n) is 9.47. The number of hydrogen-bond acceptors (Lipinski definition) is 4. The molecule has 0 saturated carbocycles. The van der Waals surface area contributed by atoms with Gasteiger partial charge in [0.1, 0.15) is 0 Å². The van der Waals surface area contributed by atoms with Gasteiger partial charge in [-0.1, -0.05) is 17.7 Å². The Morgan fingerprint density at radius 1 is 0.897 bits per heavy atom. The molecule has 0 unspecified atom stereocenters. The van der Waals surface area contributed by atoms with Gasteiger partial charge in [-0.05, 0) is 80.6 Å². The first-order valence-corrected chi connectivity index (χ1v) is 12.5. The molecule has 1 aliphatic rings. The van der Waals surface area contributed by atoms with Crippen molar-refractivity contribution in [3.8, 4) is 0 Å². The monoisotopic (exact) mass is 434 g/mol. The number of benzene rings is 2. The molecule has 0 spiro atoms. The molecule has 1 N–H and O–H groups in total. The first kappa shape index (κ1) is 21.5. The maximum Gasteiger partial charge on any atom is 0.255 e. The summed E-state index contributed by atoms with van der Waals surface area (Å²) in [5, 5.41) is 1.13. The van der Waals surface area contributed by atoms with Gasteiger partial charge in [-0.3, -0.25) is 4.72 Å². The normalized spacial score (nSPS) is 15.8. The van der Waals surface area contributed by atoms with Gasteiger partial charge in [0.2, 0.25) is 10.0 Å². The van der Waals surface area contributed by atoms with Crippen molar-refractivity contribution in [2.75, 3.05) is 17.8 Å². The summed E-state index contributed by atoms with van der Waals surface area (Å²) in [6.45, 7) is 6.94. The maximum absolute atomic E-state index is 12.6. The van der Waals surface area contributed by atoms with E-state index >= 15 is 0 Å². The Bertz CT molecular complexity index is 1110. The van der Waals surface area contributed by atoms with Crippen LogP contribution in [0.3, 0.4) is 0 Å². The Morgan fingerprint density at radius 2 is 1.45 bits per heavy atom. The highest BCUT2D eigenvalue weighted by atomic mass is 32.2. The van der Waals surface area contributed by atoms with Gasteiger partial charge in [-0.15, -0.1) is 0 Å². The predicted molar refractivity (Wildman–Crippen MR) is 117 cm³/mol. The molecule has 8 heteroatoms. The lowest BCUT2D eigenvalue weighted by Crippen LogP contribution is -2.27. The SMILES string of the molecule is Cc1cc(C)c(C=CS(=O)(=O)Nc2ccc(S(=O)(=O)N3CCCC3)cc2)c(C)c1. The lowest BCUT2D eigenvalue weighted by Gasteiger charge is -2.15.